The van der Waals surface area contributed by atoms with Crippen LogP contribution in [0.4, 0.5) is 4.79 Å². The highest BCUT2D eigenvalue weighted by molar-refractivity contribution is 6.00. The van der Waals surface area contributed by atoms with E-state index in [-0.39, 0.29) is 0 Å². The Kier molecular flexibility index (Phi) is 4.44. The predicted molar refractivity (Wildman–Crippen MR) is 94.9 cm³/mol. The second-order valence-electron chi connectivity index (χ2n) is 5.67. The first-order chi connectivity index (χ1) is 12.0. The molecule has 8 heteroatoms. The zero-order chi connectivity index (χ0) is 18.0. The van der Waals surface area contributed by atoms with Crippen molar-refractivity contribution in [3.8, 4) is 11.4 Å². The maximum atomic E-state index is 10.8. The molecule has 8 nitrogen and oxygen atoms in total. The van der Waals surface area contributed by atoms with Crippen molar-refractivity contribution in [2.45, 2.75) is 13.0 Å². The molecule has 0 bridgehead atoms. The molecule has 0 aliphatic heterocycles. The smallest absolute Gasteiger partial charge is 0.332 e. The largest absolute Gasteiger partial charge is 0.389 e. The topological polar surface area (TPSA) is 118 Å². The van der Waals surface area contributed by atoms with Crippen molar-refractivity contribution in [2.24, 2.45) is 17.9 Å². The normalized spacial score (nSPS) is 12.6. The van der Waals surface area contributed by atoms with Crippen LogP contribution in [0.5, 0.6) is 0 Å². The summed E-state index contributed by atoms with van der Waals surface area (Å²) in [5, 5.41) is 14.5. The minimum absolute atomic E-state index is 0.597. The number of carbonyl (C=O) groups excluding carboxylic acids is 1. The highest BCUT2D eigenvalue weighted by atomic mass is 16.3. The average molecular weight is 338 g/mol. The Hall–Kier alpha value is -3.26. The monoisotopic (exact) mass is 338 g/mol. The minimum Gasteiger partial charge on any atom is -0.389 e. The molecule has 0 saturated heterocycles. The Labute approximate surface area is 144 Å². The van der Waals surface area contributed by atoms with E-state index in [1.165, 1.54) is 6.21 Å². The van der Waals surface area contributed by atoms with Crippen LogP contribution in [-0.2, 0) is 7.05 Å². The van der Waals surface area contributed by atoms with Crippen LogP contribution < -0.4 is 11.2 Å². The number of urea groups is 1. The van der Waals surface area contributed by atoms with Gasteiger partial charge in [0.05, 0.1) is 41.7 Å². The van der Waals surface area contributed by atoms with E-state index < -0.39 is 12.1 Å². The molecular formula is C17H18N6O2. The molecule has 1 unspecified atom stereocenters. The third-order valence-electron chi connectivity index (χ3n) is 3.81. The Morgan fingerprint density at radius 3 is 2.88 bits per heavy atom. The lowest BCUT2D eigenvalue weighted by Gasteiger charge is -2.10. The van der Waals surface area contributed by atoms with Gasteiger partial charge in [0.2, 0.25) is 0 Å². The van der Waals surface area contributed by atoms with E-state index in [0.717, 1.165) is 22.2 Å². The van der Waals surface area contributed by atoms with Crippen LogP contribution in [0, 0.1) is 0 Å². The number of nitrogens with zero attached hydrogens (tertiary/aromatic N) is 4. The molecule has 2 amide bonds. The zero-order valence-electron chi connectivity index (χ0n) is 13.8. The van der Waals surface area contributed by atoms with Crippen LogP contribution in [0.2, 0.25) is 0 Å². The number of aliphatic hydroxyl groups is 1. The number of pyridine rings is 1. The van der Waals surface area contributed by atoms with Crippen LogP contribution in [0.25, 0.3) is 22.3 Å². The number of fused-ring (bicyclic) bond motifs is 1. The van der Waals surface area contributed by atoms with Gasteiger partial charge in [-0.1, -0.05) is 12.1 Å². The number of aryl methyl sites for hydroxylation is 1. The number of imidazole rings is 1. The number of hydrogen-bond acceptors (Lipinski definition) is 5. The van der Waals surface area contributed by atoms with Crippen molar-refractivity contribution >= 4 is 23.1 Å². The molecule has 0 spiro atoms. The summed E-state index contributed by atoms with van der Waals surface area (Å²) in [5.41, 5.74) is 11.0. The van der Waals surface area contributed by atoms with Gasteiger partial charge >= 0.3 is 6.03 Å². The summed E-state index contributed by atoms with van der Waals surface area (Å²) in [5.74, 6) is 0. The lowest BCUT2D eigenvalue weighted by Crippen LogP contribution is -2.24. The predicted octanol–water partition coefficient (Wildman–Crippen LogP) is 1.69. The fraction of sp³-hybridized carbons (Fsp3) is 0.176. The number of nitrogens with one attached hydrogen (secondary N) is 1. The van der Waals surface area contributed by atoms with Crippen molar-refractivity contribution in [3.63, 3.8) is 0 Å². The molecule has 0 saturated carbocycles. The Balaban J connectivity index is 2.19. The van der Waals surface area contributed by atoms with Crippen LogP contribution in [-0.4, -0.2) is 31.9 Å². The zero-order valence-corrected chi connectivity index (χ0v) is 13.8. The number of hydrazone groups is 1. The lowest BCUT2D eigenvalue weighted by molar-refractivity contribution is 0.199. The van der Waals surface area contributed by atoms with Crippen LogP contribution >= 0.6 is 0 Å². The molecule has 4 N–H and O–H groups in total. The highest BCUT2D eigenvalue weighted by Crippen LogP contribution is 2.26. The molecule has 0 aliphatic rings. The quantitative estimate of drug-likeness (QED) is 0.495. The van der Waals surface area contributed by atoms with Crippen molar-refractivity contribution in [2.75, 3.05) is 0 Å². The van der Waals surface area contributed by atoms with Gasteiger partial charge in [-0.15, -0.1) is 0 Å². The van der Waals surface area contributed by atoms with Crippen molar-refractivity contribution < 1.29 is 9.90 Å². The molecule has 2 heterocycles. The lowest BCUT2D eigenvalue weighted by atomic mass is 10.0. The molecule has 0 radical (unpaired) electrons. The van der Waals surface area contributed by atoms with E-state index in [1.54, 1.807) is 19.4 Å². The van der Waals surface area contributed by atoms with Gasteiger partial charge in [0.25, 0.3) is 0 Å². The van der Waals surface area contributed by atoms with E-state index in [0.29, 0.717) is 11.2 Å². The number of rotatable bonds is 4. The number of nitrogens with two attached hydrogens (primary N) is 1. The first-order valence-electron chi connectivity index (χ1n) is 7.63. The van der Waals surface area contributed by atoms with E-state index in [1.807, 2.05) is 35.9 Å². The number of carbonyl (C=O) groups is 1. The Bertz CT molecular complexity index is 961. The standard InChI is InChI=1S/C17H18N6O2/c1-10(24)11-3-4-13-12(7-20-22-17(18)25)6-15(21-14(13)5-11)16-8-19-9-23(16)2/h3-10,24H,1-2H3,(H3,18,22,25)/b20-7+. The first-order valence-corrected chi connectivity index (χ1v) is 7.63. The maximum absolute atomic E-state index is 10.8. The fourth-order valence-corrected chi connectivity index (χ4v) is 2.54. The summed E-state index contributed by atoms with van der Waals surface area (Å²) in [6.45, 7) is 1.70. The van der Waals surface area contributed by atoms with Gasteiger partial charge in [-0.05, 0) is 24.6 Å². The Morgan fingerprint density at radius 2 is 2.24 bits per heavy atom. The Morgan fingerprint density at radius 1 is 1.44 bits per heavy atom. The summed E-state index contributed by atoms with van der Waals surface area (Å²) >= 11 is 0. The third-order valence-corrected chi connectivity index (χ3v) is 3.81. The van der Waals surface area contributed by atoms with Gasteiger partial charge in [0.15, 0.2) is 0 Å². The van der Waals surface area contributed by atoms with Gasteiger partial charge < -0.3 is 15.4 Å². The summed E-state index contributed by atoms with van der Waals surface area (Å²) < 4.78 is 1.86. The number of hydrogen-bond donors (Lipinski definition) is 3. The van der Waals surface area contributed by atoms with Crippen molar-refractivity contribution in [1.82, 2.24) is 20.0 Å². The number of aromatic nitrogens is 3. The van der Waals surface area contributed by atoms with Crippen molar-refractivity contribution in [3.05, 3.63) is 47.9 Å². The van der Waals surface area contributed by atoms with Gasteiger partial charge in [-0.2, -0.15) is 5.10 Å². The summed E-state index contributed by atoms with van der Waals surface area (Å²) in [6.07, 6.45) is 4.32. The number of primary amides is 1. The SMILES string of the molecule is CC(O)c1ccc2c(/C=N/NC(N)=O)cc(-c3cncn3C)nc2c1. The van der Waals surface area contributed by atoms with Crippen LogP contribution in [0.1, 0.15) is 24.2 Å². The summed E-state index contributed by atoms with van der Waals surface area (Å²) in [6, 6.07) is 6.64. The minimum atomic E-state index is -0.738. The van der Waals surface area contributed by atoms with Crippen LogP contribution in [0.15, 0.2) is 41.9 Å². The van der Waals surface area contributed by atoms with Crippen LogP contribution in [0.3, 0.4) is 0 Å². The van der Waals surface area contributed by atoms with E-state index in [4.69, 9.17) is 5.73 Å². The van der Waals surface area contributed by atoms with Crippen molar-refractivity contribution in [1.29, 1.82) is 0 Å². The van der Waals surface area contributed by atoms with Gasteiger partial charge in [0.1, 0.15) is 0 Å². The number of amides is 2. The average Bonchev–Trinajstić information content (AvgIpc) is 2.99. The molecule has 1 aromatic carbocycles. The first kappa shape index (κ1) is 16.6. The van der Waals surface area contributed by atoms with E-state index in [2.05, 4.69) is 20.5 Å². The fourth-order valence-electron chi connectivity index (χ4n) is 2.54. The number of benzene rings is 1. The molecule has 3 aromatic rings. The molecule has 0 aliphatic carbocycles. The second-order valence-corrected chi connectivity index (χ2v) is 5.67. The molecule has 25 heavy (non-hydrogen) atoms. The maximum Gasteiger partial charge on any atom is 0.332 e. The van der Waals surface area contributed by atoms with Gasteiger partial charge in [0, 0.05) is 18.0 Å². The van der Waals surface area contributed by atoms with E-state index >= 15 is 0 Å². The third kappa shape index (κ3) is 3.48. The molecule has 1 atom stereocenters. The number of aliphatic hydroxyl groups excluding tert-OH is 1. The highest BCUT2D eigenvalue weighted by Gasteiger charge is 2.11. The van der Waals surface area contributed by atoms with E-state index in [9.17, 15) is 9.90 Å². The van der Waals surface area contributed by atoms with Gasteiger partial charge in [-0.25, -0.2) is 20.2 Å². The molecule has 3 rings (SSSR count). The van der Waals surface area contributed by atoms with Gasteiger partial charge in [-0.3, -0.25) is 0 Å². The second kappa shape index (κ2) is 6.70. The molecule has 128 valence electrons. The molecule has 0 fully saturated rings. The summed E-state index contributed by atoms with van der Waals surface area (Å²) in [7, 11) is 1.88. The summed E-state index contributed by atoms with van der Waals surface area (Å²) in [4.78, 5) is 19.6. The molecule has 2 aromatic heterocycles. The molecular weight excluding hydrogens is 320 g/mol.